The van der Waals surface area contributed by atoms with Gasteiger partial charge in [-0.1, -0.05) is 47.5 Å². The number of carbonyl (C=O) groups excluding carboxylic acids is 1. The van der Waals surface area contributed by atoms with Crippen LogP contribution in [0.4, 0.5) is 13.2 Å². The smallest absolute Gasteiger partial charge is 0.375 e. The molecule has 0 aliphatic rings. The second-order valence-corrected chi connectivity index (χ2v) is 8.81. The SMILES string of the molecule is CCC(O)(c1cn(Cc2ccc3c(-c4cc(Cl)cc(Cl)c4)cc(C(N)=O)nc3c2)nn1)C(F)(F)F. The number of rotatable bonds is 6. The lowest BCUT2D eigenvalue weighted by Crippen LogP contribution is -2.42. The number of amides is 1. The molecule has 2 heterocycles. The van der Waals surface area contributed by atoms with Gasteiger partial charge in [-0.3, -0.25) is 4.79 Å². The maximum Gasteiger partial charge on any atom is 0.423 e. The van der Waals surface area contributed by atoms with Crippen LogP contribution in [0.15, 0.2) is 48.7 Å². The molecule has 1 unspecified atom stereocenters. The van der Waals surface area contributed by atoms with Crippen LogP contribution < -0.4 is 5.73 Å². The largest absolute Gasteiger partial charge is 0.423 e. The van der Waals surface area contributed by atoms with Crippen molar-refractivity contribution in [1.82, 2.24) is 20.0 Å². The lowest BCUT2D eigenvalue weighted by molar-refractivity contribution is -0.269. The molecule has 182 valence electrons. The van der Waals surface area contributed by atoms with Crippen LogP contribution in [0.25, 0.3) is 22.0 Å². The van der Waals surface area contributed by atoms with Crippen molar-refractivity contribution >= 4 is 40.0 Å². The molecule has 0 fully saturated rings. The van der Waals surface area contributed by atoms with Crippen LogP contribution in [0.5, 0.6) is 0 Å². The third-order valence-corrected chi connectivity index (χ3v) is 6.02. The van der Waals surface area contributed by atoms with Crippen molar-refractivity contribution in [2.45, 2.75) is 31.7 Å². The zero-order valence-corrected chi connectivity index (χ0v) is 19.7. The Hall–Kier alpha value is -3.21. The van der Waals surface area contributed by atoms with E-state index in [-0.39, 0.29) is 12.2 Å². The molecule has 1 amide bonds. The quantitative estimate of drug-likeness (QED) is 0.365. The van der Waals surface area contributed by atoms with Gasteiger partial charge in [-0.05, 0) is 53.4 Å². The monoisotopic (exact) mass is 523 g/mol. The molecule has 0 saturated carbocycles. The molecule has 4 aromatic rings. The minimum absolute atomic E-state index is 0.0157. The fraction of sp³-hybridized carbons (Fsp3) is 0.217. The van der Waals surface area contributed by atoms with E-state index in [1.54, 1.807) is 42.5 Å². The molecule has 0 aliphatic carbocycles. The van der Waals surface area contributed by atoms with Crippen LogP contribution in [-0.2, 0) is 12.1 Å². The van der Waals surface area contributed by atoms with E-state index in [0.717, 1.165) is 6.20 Å². The average Bonchev–Trinajstić information content (AvgIpc) is 3.24. The van der Waals surface area contributed by atoms with E-state index < -0.39 is 29.8 Å². The summed E-state index contributed by atoms with van der Waals surface area (Å²) in [6, 6.07) is 11.6. The number of hydrogen-bond acceptors (Lipinski definition) is 5. The molecule has 7 nitrogen and oxygen atoms in total. The van der Waals surface area contributed by atoms with Crippen LogP contribution in [0.1, 0.15) is 35.1 Å². The molecule has 0 bridgehead atoms. The van der Waals surface area contributed by atoms with Gasteiger partial charge in [-0.15, -0.1) is 5.10 Å². The molecule has 0 spiro atoms. The summed E-state index contributed by atoms with van der Waals surface area (Å²) < 4.78 is 41.2. The predicted molar refractivity (Wildman–Crippen MR) is 125 cm³/mol. The van der Waals surface area contributed by atoms with Gasteiger partial charge in [0.2, 0.25) is 5.60 Å². The molecule has 0 saturated heterocycles. The summed E-state index contributed by atoms with van der Waals surface area (Å²) in [6.45, 7) is 1.25. The summed E-state index contributed by atoms with van der Waals surface area (Å²) in [5.74, 6) is -0.737. The molecule has 0 aliphatic heterocycles. The van der Waals surface area contributed by atoms with Gasteiger partial charge in [0, 0.05) is 15.4 Å². The Kier molecular flexibility index (Phi) is 6.48. The van der Waals surface area contributed by atoms with Crippen molar-refractivity contribution in [3.63, 3.8) is 0 Å². The first-order valence-electron chi connectivity index (χ1n) is 10.3. The fourth-order valence-corrected chi connectivity index (χ4v) is 4.25. The minimum atomic E-state index is -4.90. The molecular formula is C23H18Cl2F3N5O2. The number of alkyl halides is 3. The molecule has 2 aromatic carbocycles. The number of halogens is 5. The van der Waals surface area contributed by atoms with Gasteiger partial charge < -0.3 is 10.8 Å². The first kappa shape index (κ1) is 24.9. The number of nitrogens with zero attached hydrogens (tertiary/aromatic N) is 4. The van der Waals surface area contributed by atoms with Crippen LogP contribution in [0.3, 0.4) is 0 Å². The summed E-state index contributed by atoms with van der Waals surface area (Å²) in [5, 5.41) is 18.8. The number of pyridine rings is 1. The van der Waals surface area contributed by atoms with Crippen molar-refractivity contribution in [2.24, 2.45) is 5.73 Å². The number of hydrogen-bond donors (Lipinski definition) is 2. The van der Waals surface area contributed by atoms with Gasteiger partial charge >= 0.3 is 6.18 Å². The zero-order chi connectivity index (χ0) is 25.5. The number of primary amides is 1. The molecule has 3 N–H and O–H groups in total. The highest BCUT2D eigenvalue weighted by atomic mass is 35.5. The number of benzene rings is 2. The average molecular weight is 524 g/mol. The minimum Gasteiger partial charge on any atom is -0.375 e. The first-order chi connectivity index (χ1) is 16.4. The third-order valence-electron chi connectivity index (χ3n) is 5.59. The van der Waals surface area contributed by atoms with E-state index in [0.29, 0.717) is 37.6 Å². The van der Waals surface area contributed by atoms with Gasteiger partial charge in [0.1, 0.15) is 11.4 Å². The molecule has 2 aromatic heterocycles. The molecule has 0 radical (unpaired) electrons. The Balaban J connectivity index is 1.75. The van der Waals surface area contributed by atoms with E-state index in [9.17, 15) is 23.1 Å². The second kappa shape index (κ2) is 9.10. The van der Waals surface area contributed by atoms with Crippen LogP contribution in [0, 0.1) is 0 Å². The summed E-state index contributed by atoms with van der Waals surface area (Å²) in [4.78, 5) is 16.2. The fourth-order valence-electron chi connectivity index (χ4n) is 3.73. The van der Waals surface area contributed by atoms with Gasteiger partial charge in [0.25, 0.3) is 5.91 Å². The first-order valence-corrected chi connectivity index (χ1v) is 11.1. The van der Waals surface area contributed by atoms with E-state index in [4.69, 9.17) is 28.9 Å². The van der Waals surface area contributed by atoms with Crippen LogP contribution in [-0.4, -0.2) is 37.2 Å². The van der Waals surface area contributed by atoms with Gasteiger partial charge in [-0.25, -0.2) is 9.67 Å². The maximum absolute atomic E-state index is 13.3. The molecule has 12 heteroatoms. The van der Waals surface area contributed by atoms with Crippen LogP contribution >= 0.6 is 23.2 Å². The number of aliphatic hydroxyl groups is 1. The number of nitrogens with two attached hydrogens (primary N) is 1. The molecule has 35 heavy (non-hydrogen) atoms. The Labute approximate surface area is 207 Å². The standard InChI is InChI=1S/C23H18Cl2F3N5O2/c1-2-22(35,23(26,27)28)20-11-33(32-31-20)10-12-3-4-16-17(13-6-14(24)8-15(25)7-13)9-19(21(29)34)30-18(16)5-12/h3-9,11,35H,2,10H2,1H3,(H2,29,34). The molecule has 1 atom stereocenters. The van der Waals surface area contributed by atoms with Crippen molar-refractivity contribution in [3.8, 4) is 11.1 Å². The van der Waals surface area contributed by atoms with Gasteiger partial charge in [0.15, 0.2) is 0 Å². The summed E-state index contributed by atoms with van der Waals surface area (Å²) in [6.07, 6.45) is -4.46. The Morgan fingerprint density at radius 3 is 2.40 bits per heavy atom. The van der Waals surface area contributed by atoms with Gasteiger partial charge in [-0.2, -0.15) is 13.2 Å². The van der Waals surface area contributed by atoms with E-state index in [1.165, 1.54) is 11.6 Å². The predicted octanol–water partition coefficient (Wildman–Crippen LogP) is 5.11. The maximum atomic E-state index is 13.3. The highest BCUT2D eigenvalue weighted by molar-refractivity contribution is 6.35. The van der Waals surface area contributed by atoms with Crippen molar-refractivity contribution in [1.29, 1.82) is 0 Å². The van der Waals surface area contributed by atoms with E-state index in [1.807, 2.05) is 0 Å². The highest BCUT2D eigenvalue weighted by Crippen LogP contribution is 2.40. The zero-order valence-electron chi connectivity index (χ0n) is 18.1. The van der Waals surface area contributed by atoms with Crippen molar-refractivity contribution in [2.75, 3.05) is 0 Å². The summed E-state index contributed by atoms with van der Waals surface area (Å²) in [5.41, 5.74) is 4.11. The van der Waals surface area contributed by atoms with E-state index >= 15 is 0 Å². The van der Waals surface area contributed by atoms with Crippen molar-refractivity contribution < 1.29 is 23.1 Å². The van der Waals surface area contributed by atoms with Gasteiger partial charge in [0.05, 0.1) is 18.3 Å². The second-order valence-electron chi connectivity index (χ2n) is 7.94. The lowest BCUT2D eigenvalue weighted by Gasteiger charge is -2.26. The normalized spacial score (nSPS) is 13.7. The lowest BCUT2D eigenvalue weighted by atomic mass is 9.96. The van der Waals surface area contributed by atoms with E-state index in [2.05, 4.69) is 15.3 Å². The van der Waals surface area contributed by atoms with Crippen molar-refractivity contribution in [3.05, 3.63) is 75.7 Å². The third kappa shape index (κ3) is 4.82. The summed E-state index contributed by atoms with van der Waals surface area (Å²) in [7, 11) is 0. The number of carbonyl (C=O) groups is 1. The van der Waals surface area contributed by atoms with Crippen LogP contribution in [0.2, 0.25) is 10.0 Å². The Morgan fingerprint density at radius 2 is 1.80 bits per heavy atom. The Bertz CT molecular complexity index is 1420. The number of aromatic nitrogens is 4. The Morgan fingerprint density at radius 1 is 1.11 bits per heavy atom. The topological polar surface area (TPSA) is 107 Å². The molecule has 4 rings (SSSR count). The molecular weight excluding hydrogens is 506 g/mol. The highest BCUT2D eigenvalue weighted by Gasteiger charge is 2.55. The summed E-state index contributed by atoms with van der Waals surface area (Å²) >= 11 is 12.3. The number of fused-ring (bicyclic) bond motifs is 1.